The van der Waals surface area contributed by atoms with Crippen molar-refractivity contribution >= 4 is 6.29 Å². The van der Waals surface area contributed by atoms with Crippen LogP contribution in [0.15, 0.2) is 18.2 Å². The number of hydrogen-bond acceptors (Lipinski definition) is 3. The van der Waals surface area contributed by atoms with Gasteiger partial charge in [0.05, 0.1) is 23.3 Å². The van der Waals surface area contributed by atoms with E-state index in [0.29, 0.717) is 16.9 Å². The van der Waals surface area contributed by atoms with Crippen molar-refractivity contribution in [2.45, 2.75) is 18.9 Å². The van der Waals surface area contributed by atoms with Gasteiger partial charge in [0.1, 0.15) is 5.75 Å². The summed E-state index contributed by atoms with van der Waals surface area (Å²) in [6, 6.07) is 6.87. The lowest BCUT2D eigenvalue weighted by atomic mass is 10.1. The fraction of sp³-hybridized carbons (Fsp3) is 0.273. The Morgan fingerprint density at radius 3 is 2.86 bits per heavy atom. The standard InChI is InChI=1S/C11H9NO2/c12-6-8-1-4-11(9(5-8)7-13)14-10-2-3-10/h1,4-5,7,10H,2-3H2. The van der Waals surface area contributed by atoms with E-state index in [1.54, 1.807) is 18.2 Å². The number of carbonyl (C=O) groups excluding carboxylic acids is 1. The van der Waals surface area contributed by atoms with E-state index < -0.39 is 0 Å². The van der Waals surface area contributed by atoms with Crippen LogP contribution in [-0.4, -0.2) is 12.4 Å². The second-order valence-electron chi connectivity index (χ2n) is 3.30. The van der Waals surface area contributed by atoms with Gasteiger partial charge < -0.3 is 4.74 Å². The van der Waals surface area contributed by atoms with E-state index >= 15 is 0 Å². The summed E-state index contributed by atoms with van der Waals surface area (Å²) in [7, 11) is 0. The summed E-state index contributed by atoms with van der Waals surface area (Å²) in [5, 5.41) is 8.64. The molecular weight excluding hydrogens is 178 g/mol. The number of rotatable bonds is 3. The molecule has 0 atom stereocenters. The fourth-order valence-corrected chi connectivity index (χ4v) is 1.18. The van der Waals surface area contributed by atoms with Gasteiger partial charge in [-0.2, -0.15) is 5.26 Å². The van der Waals surface area contributed by atoms with Gasteiger partial charge in [-0.15, -0.1) is 0 Å². The molecule has 3 nitrogen and oxygen atoms in total. The summed E-state index contributed by atoms with van der Waals surface area (Å²) in [4.78, 5) is 10.7. The molecule has 1 aliphatic rings. The topological polar surface area (TPSA) is 50.1 Å². The molecule has 0 spiro atoms. The SMILES string of the molecule is N#Cc1ccc(OC2CC2)c(C=O)c1. The fourth-order valence-electron chi connectivity index (χ4n) is 1.18. The molecule has 0 amide bonds. The highest BCUT2D eigenvalue weighted by atomic mass is 16.5. The van der Waals surface area contributed by atoms with Gasteiger partial charge in [-0.3, -0.25) is 4.79 Å². The zero-order valence-corrected chi connectivity index (χ0v) is 7.56. The third-order valence-electron chi connectivity index (χ3n) is 2.08. The summed E-state index contributed by atoms with van der Waals surface area (Å²) >= 11 is 0. The summed E-state index contributed by atoms with van der Waals surface area (Å²) in [5.41, 5.74) is 0.936. The maximum absolute atomic E-state index is 10.7. The Labute approximate surface area is 81.9 Å². The minimum atomic E-state index is 0.265. The molecule has 0 N–H and O–H groups in total. The molecule has 0 bridgehead atoms. The van der Waals surface area contributed by atoms with E-state index in [-0.39, 0.29) is 6.10 Å². The van der Waals surface area contributed by atoms with Crippen molar-refractivity contribution in [3.8, 4) is 11.8 Å². The molecule has 1 saturated carbocycles. The molecule has 0 aliphatic heterocycles. The van der Waals surface area contributed by atoms with Gasteiger partial charge in [0.2, 0.25) is 0 Å². The third-order valence-corrected chi connectivity index (χ3v) is 2.08. The average Bonchev–Trinajstić information content (AvgIpc) is 3.02. The zero-order valence-electron chi connectivity index (χ0n) is 7.56. The number of nitriles is 1. The molecule has 14 heavy (non-hydrogen) atoms. The van der Waals surface area contributed by atoms with Crippen LogP contribution in [0, 0.1) is 11.3 Å². The van der Waals surface area contributed by atoms with Crippen LogP contribution in [0.3, 0.4) is 0 Å². The monoisotopic (exact) mass is 187 g/mol. The normalized spacial score (nSPS) is 14.5. The average molecular weight is 187 g/mol. The number of hydrogen-bond donors (Lipinski definition) is 0. The smallest absolute Gasteiger partial charge is 0.153 e. The van der Waals surface area contributed by atoms with E-state index in [2.05, 4.69) is 0 Å². The van der Waals surface area contributed by atoms with E-state index in [1.807, 2.05) is 6.07 Å². The van der Waals surface area contributed by atoms with E-state index in [9.17, 15) is 4.79 Å². The Bertz CT molecular complexity index is 402. The van der Waals surface area contributed by atoms with Gasteiger partial charge in [0.15, 0.2) is 6.29 Å². The Morgan fingerprint density at radius 2 is 2.29 bits per heavy atom. The molecule has 0 heterocycles. The van der Waals surface area contributed by atoms with Gasteiger partial charge in [-0.05, 0) is 31.0 Å². The van der Waals surface area contributed by atoms with Crippen molar-refractivity contribution in [1.29, 1.82) is 5.26 Å². The first-order chi connectivity index (χ1) is 6.83. The molecule has 70 valence electrons. The molecule has 1 aromatic carbocycles. The van der Waals surface area contributed by atoms with Gasteiger partial charge >= 0.3 is 0 Å². The Hall–Kier alpha value is -1.82. The van der Waals surface area contributed by atoms with Crippen molar-refractivity contribution in [3.63, 3.8) is 0 Å². The molecule has 0 aromatic heterocycles. The van der Waals surface area contributed by atoms with Gasteiger partial charge in [-0.1, -0.05) is 0 Å². The van der Waals surface area contributed by atoms with Crippen molar-refractivity contribution in [1.82, 2.24) is 0 Å². The van der Waals surface area contributed by atoms with Crippen LogP contribution in [-0.2, 0) is 0 Å². The van der Waals surface area contributed by atoms with Gasteiger partial charge in [-0.25, -0.2) is 0 Å². The molecule has 0 saturated heterocycles. The van der Waals surface area contributed by atoms with Crippen molar-refractivity contribution in [2.75, 3.05) is 0 Å². The summed E-state index contributed by atoms with van der Waals surface area (Å²) in [6.45, 7) is 0. The van der Waals surface area contributed by atoms with Crippen LogP contribution >= 0.6 is 0 Å². The third kappa shape index (κ3) is 1.74. The first-order valence-corrected chi connectivity index (χ1v) is 4.49. The summed E-state index contributed by atoms with van der Waals surface area (Å²) in [5.74, 6) is 0.585. The van der Waals surface area contributed by atoms with Crippen LogP contribution < -0.4 is 4.74 Å². The van der Waals surface area contributed by atoms with Crippen LogP contribution in [0.5, 0.6) is 5.75 Å². The molecule has 0 unspecified atom stereocenters. The van der Waals surface area contributed by atoms with Crippen LogP contribution in [0.1, 0.15) is 28.8 Å². The number of nitrogens with zero attached hydrogens (tertiary/aromatic N) is 1. The second kappa shape index (κ2) is 3.51. The van der Waals surface area contributed by atoms with Crippen LogP contribution in [0.4, 0.5) is 0 Å². The molecule has 1 fully saturated rings. The molecule has 3 heteroatoms. The first-order valence-electron chi connectivity index (χ1n) is 4.49. The molecular formula is C11H9NO2. The molecule has 2 rings (SSSR count). The quantitative estimate of drug-likeness (QED) is 0.679. The maximum atomic E-state index is 10.7. The zero-order chi connectivity index (χ0) is 9.97. The van der Waals surface area contributed by atoms with E-state index in [0.717, 1.165) is 19.1 Å². The van der Waals surface area contributed by atoms with E-state index in [4.69, 9.17) is 10.00 Å². The molecule has 0 radical (unpaired) electrons. The van der Waals surface area contributed by atoms with Crippen molar-refractivity contribution in [3.05, 3.63) is 29.3 Å². The number of carbonyl (C=O) groups is 1. The number of aldehydes is 1. The minimum Gasteiger partial charge on any atom is -0.490 e. The lowest BCUT2D eigenvalue weighted by Gasteiger charge is -2.06. The summed E-state index contributed by atoms with van der Waals surface area (Å²) in [6.07, 6.45) is 3.09. The second-order valence-corrected chi connectivity index (χ2v) is 3.30. The van der Waals surface area contributed by atoms with Gasteiger partial charge in [0, 0.05) is 0 Å². The first kappa shape index (κ1) is 8.76. The molecule has 1 aromatic rings. The van der Waals surface area contributed by atoms with Crippen LogP contribution in [0.2, 0.25) is 0 Å². The van der Waals surface area contributed by atoms with Crippen molar-refractivity contribution < 1.29 is 9.53 Å². The number of ether oxygens (including phenoxy) is 1. The van der Waals surface area contributed by atoms with Crippen molar-refractivity contribution in [2.24, 2.45) is 0 Å². The minimum absolute atomic E-state index is 0.265. The largest absolute Gasteiger partial charge is 0.490 e. The lowest BCUT2D eigenvalue weighted by Crippen LogP contribution is -1.99. The Morgan fingerprint density at radius 1 is 1.50 bits per heavy atom. The lowest BCUT2D eigenvalue weighted by molar-refractivity contribution is 0.111. The highest BCUT2D eigenvalue weighted by molar-refractivity contribution is 5.80. The van der Waals surface area contributed by atoms with E-state index in [1.165, 1.54) is 0 Å². The Kier molecular flexibility index (Phi) is 2.19. The molecule has 1 aliphatic carbocycles. The predicted octanol–water partition coefficient (Wildman–Crippen LogP) is 1.91. The highest BCUT2D eigenvalue weighted by Crippen LogP contribution is 2.28. The summed E-state index contributed by atoms with van der Waals surface area (Å²) < 4.78 is 5.51. The Balaban J connectivity index is 2.29. The predicted molar refractivity (Wildman–Crippen MR) is 50.2 cm³/mol. The van der Waals surface area contributed by atoms with Gasteiger partial charge in [0.25, 0.3) is 0 Å². The maximum Gasteiger partial charge on any atom is 0.153 e. The highest BCUT2D eigenvalue weighted by Gasteiger charge is 2.24. The number of benzene rings is 1. The van der Waals surface area contributed by atoms with Crippen LogP contribution in [0.25, 0.3) is 0 Å².